The van der Waals surface area contributed by atoms with Crippen molar-refractivity contribution in [2.75, 3.05) is 6.54 Å². The molecule has 3 N–H and O–H groups in total. The van der Waals surface area contributed by atoms with Crippen LogP contribution in [0.3, 0.4) is 0 Å². The van der Waals surface area contributed by atoms with E-state index in [1.807, 2.05) is 52.0 Å². The van der Waals surface area contributed by atoms with Gasteiger partial charge in [0.2, 0.25) is 0 Å². The van der Waals surface area contributed by atoms with Crippen LogP contribution < -0.4 is 11.1 Å². The van der Waals surface area contributed by atoms with Crippen LogP contribution in [0, 0.1) is 11.8 Å². The minimum atomic E-state index is -0.513. The molecule has 1 amide bonds. The number of nitrogens with zero attached hydrogens (tertiary/aromatic N) is 1. The van der Waals surface area contributed by atoms with Gasteiger partial charge in [0, 0.05) is 0 Å². The molecular formula is C19H23N3O2S. The first-order valence-corrected chi connectivity index (χ1v) is 8.90. The Morgan fingerprint density at radius 3 is 2.64 bits per heavy atom. The molecule has 0 radical (unpaired) electrons. The molecule has 0 aliphatic rings. The van der Waals surface area contributed by atoms with E-state index < -0.39 is 11.7 Å². The van der Waals surface area contributed by atoms with Gasteiger partial charge in [-0.15, -0.1) is 11.3 Å². The van der Waals surface area contributed by atoms with Crippen molar-refractivity contribution in [3.63, 3.8) is 0 Å². The Hall–Kier alpha value is -2.36. The summed E-state index contributed by atoms with van der Waals surface area (Å²) in [6.45, 7) is 7.75. The number of alkyl carbamates (subject to hydrolysis) is 1. The van der Waals surface area contributed by atoms with Gasteiger partial charge in [-0.1, -0.05) is 30.2 Å². The average molecular weight is 357 g/mol. The monoisotopic (exact) mass is 357 g/mol. The van der Waals surface area contributed by atoms with E-state index in [2.05, 4.69) is 22.1 Å². The van der Waals surface area contributed by atoms with Gasteiger partial charge in [-0.25, -0.2) is 9.78 Å². The fourth-order valence-corrected chi connectivity index (χ4v) is 2.92. The lowest BCUT2D eigenvalue weighted by molar-refractivity contribution is 0.0508. The van der Waals surface area contributed by atoms with Crippen LogP contribution in [0.5, 0.6) is 0 Å². The normalized spacial score (nSPS) is 12.0. The van der Waals surface area contributed by atoms with Crippen LogP contribution in [0.15, 0.2) is 29.8 Å². The number of rotatable bonds is 3. The predicted octanol–water partition coefficient (Wildman–Crippen LogP) is 3.71. The first-order valence-electron chi connectivity index (χ1n) is 8.02. The Labute approximate surface area is 152 Å². The second kappa shape index (κ2) is 8.15. The molecule has 1 aromatic heterocycles. The molecule has 132 valence electrons. The molecule has 0 spiro atoms. The van der Waals surface area contributed by atoms with E-state index in [4.69, 9.17) is 10.5 Å². The number of aromatic nitrogens is 1. The third-order valence-corrected chi connectivity index (χ3v) is 4.16. The maximum absolute atomic E-state index is 11.9. The van der Waals surface area contributed by atoms with Crippen LogP contribution in [0.1, 0.15) is 45.0 Å². The molecule has 0 saturated heterocycles. The summed E-state index contributed by atoms with van der Waals surface area (Å²) >= 11 is 1.54. The van der Waals surface area contributed by atoms with Crippen molar-refractivity contribution in [3.8, 4) is 22.3 Å². The lowest BCUT2D eigenvalue weighted by Gasteiger charge is -2.22. The number of nitrogens with two attached hydrogens (primary N) is 1. The van der Waals surface area contributed by atoms with Gasteiger partial charge in [0.05, 0.1) is 23.0 Å². The SMILES string of the molecule is C[C@H](NC(=O)OC(C)(C)C)c1ccc(-c2scnc2C#CCN)cc1. The van der Waals surface area contributed by atoms with Crippen LogP contribution >= 0.6 is 11.3 Å². The van der Waals surface area contributed by atoms with E-state index in [9.17, 15) is 4.79 Å². The third kappa shape index (κ3) is 5.59. The average Bonchev–Trinajstić information content (AvgIpc) is 2.99. The van der Waals surface area contributed by atoms with E-state index >= 15 is 0 Å². The number of carbonyl (C=O) groups is 1. The van der Waals surface area contributed by atoms with E-state index in [0.717, 1.165) is 21.7 Å². The number of nitrogens with one attached hydrogen (secondary N) is 1. The molecule has 0 aliphatic heterocycles. The first-order chi connectivity index (χ1) is 11.8. The highest BCUT2D eigenvalue weighted by Gasteiger charge is 2.18. The number of amides is 1. The Bertz CT molecular complexity index is 779. The van der Waals surface area contributed by atoms with Gasteiger partial charge in [-0.05, 0) is 44.7 Å². The van der Waals surface area contributed by atoms with Crippen molar-refractivity contribution in [2.45, 2.75) is 39.3 Å². The van der Waals surface area contributed by atoms with Gasteiger partial charge in [0.25, 0.3) is 0 Å². The van der Waals surface area contributed by atoms with Crippen molar-refractivity contribution >= 4 is 17.4 Å². The molecule has 5 nitrogen and oxygen atoms in total. The largest absolute Gasteiger partial charge is 0.444 e. The molecule has 0 fully saturated rings. The van der Waals surface area contributed by atoms with Gasteiger partial charge >= 0.3 is 6.09 Å². The molecule has 0 aliphatic carbocycles. The van der Waals surface area contributed by atoms with Crippen LogP contribution in [0.4, 0.5) is 4.79 Å². The summed E-state index contributed by atoms with van der Waals surface area (Å²) in [7, 11) is 0. The van der Waals surface area contributed by atoms with E-state index in [-0.39, 0.29) is 6.04 Å². The zero-order valence-electron chi connectivity index (χ0n) is 14.9. The summed E-state index contributed by atoms with van der Waals surface area (Å²) in [4.78, 5) is 17.2. The minimum absolute atomic E-state index is 0.151. The maximum Gasteiger partial charge on any atom is 0.408 e. The highest BCUT2D eigenvalue weighted by atomic mass is 32.1. The lowest BCUT2D eigenvalue weighted by atomic mass is 10.0. The topological polar surface area (TPSA) is 77.2 Å². The first kappa shape index (κ1) is 19.0. The quantitative estimate of drug-likeness (QED) is 0.821. The van der Waals surface area contributed by atoms with Crippen LogP contribution in [0.2, 0.25) is 0 Å². The number of carbonyl (C=O) groups excluding carboxylic acids is 1. The summed E-state index contributed by atoms with van der Waals surface area (Å²) in [6.07, 6.45) is -0.425. The number of hydrogen-bond acceptors (Lipinski definition) is 5. The third-order valence-electron chi connectivity index (χ3n) is 3.28. The molecule has 0 unspecified atom stereocenters. The molecule has 25 heavy (non-hydrogen) atoms. The second-order valence-electron chi connectivity index (χ2n) is 6.53. The van der Waals surface area contributed by atoms with Gasteiger partial charge in [-0.3, -0.25) is 0 Å². The van der Waals surface area contributed by atoms with E-state index in [0.29, 0.717) is 6.54 Å². The summed E-state index contributed by atoms with van der Waals surface area (Å²) in [5, 5.41) is 2.84. The summed E-state index contributed by atoms with van der Waals surface area (Å²) in [5.74, 6) is 5.82. The number of ether oxygens (including phenoxy) is 1. The second-order valence-corrected chi connectivity index (χ2v) is 7.38. The lowest BCUT2D eigenvalue weighted by Crippen LogP contribution is -2.34. The van der Waals surface area contributed by atoms with E-state index in [1.165, 1.54) is 0 Å². The van der Waals surface area contributed by atoms with Gasteiger partial charge in [0.15, 0.2) is 0 Å². The molecule has 2 rings (SSSR count). The Morgan fingerprint density at radius 1 is 1.36 bits per heavy atom. The fraction of sp³-hybridized carbons (Fsp3) is 0.368. The van der Waals surface area contributed by atoms with Crippen LogP contribution in [0.25, 0.3) is 10.4 Å². The van der Waals surface area contributed by atoms with Crippen molar-refractivity contribution in [2.24, 2.45) is 5.73 Å². The van der Waals surface area contributed by atoms with Gasteiger partial charge in [0.1, 0.15) is 11.3 Å². The number of thiazole rings is 1. The van der Waals surface area contributed by atoms with Crippen molar-refractivity contribution < 1.29 is 9.53 Å². The zero-order chi connectivity index (χ0) is 18.4. The van der Waals surface area contributed by atoms with Gasteiger partial charge < -0.3 is 15.8 Å². The Morgan fingerprint density at radius 2 is 2.04 bits per heavy atom. The van der Waals surface area contributed by atoms with Gasteiger partial charge in [-0.2, -0.15) is 0 Å². The smallest absolute Gasteiger partial charge is 0.408 e. The summed E-state index contributed by atoms with van der Waals surface area (Å²) in [5.41, 5.74) is 9.46. The Balaban J connectivity index is 2.10. The molecule has 0 bridgehead atoms. The van der Waals surface area contributed by atoms with E-state index in [1.54, 1.807) is 16.8 Å². The van der Waals surface area contributed by atoms with Crippen molar-refractivity contribution in [1.82, 2.24) is 10.3 Å². The molecule has 6 heteroatoms. The summed E-state index contributed by atoms with van der Waals surface area (Å²) < 4.78 is 5.28. The highest BCUT2D eigenvalue weighted by Crippen LogP contribution is 2.28. The molecule has 1 heterocycles. The molecular weight excluding hydrogens is 334 g/mol. The summed E-state index contributed by atoms with van der Waals surface area (Å²) in [6, 6.07) is 7.82. The maximum atomic E-state index is 11.9. The number of benzene rings is 1. The van der Waals surface area contributed by atoms with Crippen LogP contribution in [-0.2, 0) is 4.74 Å². The van der Waals surface area contributed by atoms with Crippen molar-refractivity contribution in [1.29, 1.82) is 0 Å². The fourth-order valence-electron chi connectivity index (χ4n) is 2.17. The van der Waals surface area contributed by atoms with Crippen LogP contribution in [-0.4, -0.2) is 23.2 Å². The minimum Gasteiger partial charge on any atom is -0.444 e. The number of hydrogen-bond donors (Lipinski definition) is 2. The Kier molecular flexibility index (Phi) is 6.18. The molecule has 2 aromatic rings. The molecule has 1 aromatic carbocycles. The zero-order valence-corrected chi connectivity index (χ0v) is 15.7. The molecule has 1 atom stereocenters. The molecule has 0 saturated carbocycles. The predicted molar refractivity (Wildman–Crippen MR) is 101 cm³/mol. The van der Waals surface area contributed by atoms with Crippen molar-refractivity contribution in [3.05, 3.63) is 41.0 Å². The highest BCUT2D eigenvalue weighted by molar-refractivity contribution is 7.13. The standard InChI is InChI=1S/C19H23N3O2S/c1-13(22-18(23)24-19(2,3)4)14-7-9-15(10-8-14)17-16(6-5-11-20)21-12-25-17/h7-10,12-13H,11,20H2,1-4H3,(H,22,23)/t13-/m0/s1.